The second kappa shape index (κ2) is 13.4. The van der Waals surface area contributed by atoms with Crippen LogP contribution < -0.4 is 10.6 Å². The largest absolute Gasteiger partial charge is 0.321 e. The normalized spacial score (nSPS) is 11.0. The van der Waals surface area contributed by atoms with Crippen LogP contribution in [0.4, 0.5) is 11.4 Å². The number of para-hydroxylation sites is 1. The lowest BCUT2D eigenvalue weighted by Crippen LogP contribution is -2.30. The summed E-state index contributed by atoms with van der Waals surface area (Å²) in [6.07, 6.45) is 1.26. The second-order valence-corrected chi connectivity index (χ2v) is 9.82. The number of hydrogen-bond acceptors (Lipinski definition) is 6. The molecule has 2 amide bonds. The molecule has 0 radical (unpaired) electrons. The van der Waals surface area contributed by atoms with Crippen LogP contribution >= 0.6 is 23.4 Å². The molecule has 4 aromatic carbocycles. The predicted octanol–water partition coefficient (Wildman–Crippen LogP) is 6.63. The molecular formula is C30H22ClN3O5S. The Hall–Kier alpha value is -4.73. The lowest BCUT2D eigenvalue weighted by atomic mass is 10.1. The number of benzene rings is 4. The number of carbonyl (C=O) groups excluding carboxylic acids is 3. The molecular weight excluding hydrogens is 550 g/mol. The van der Waals surface area contributed by atoms with Gasteiger partial charge in [-0.2, -0.15) is 0 Å². The van der Waals surface area contributed by atoms with Gasteiger partial charge in [-0.15, -0.1) is 11.8 Å². The van der Waals surface area contributed by atoms with Crippen LogP contribution in [0.5, 0.6) is 0 Å². The second-order valence-electron chi connectivity index (χ2n) is 8.37. The molecule has 10 heteroatoms. The van der Waals surface area contributed by atoms with Crippen molar-refractivity contribution in [3.8, 4) is 0 Å². The predicted molar refractivity (Wildman–Crippen MR) is 157 cm³/mol. The first-order valence-corrected chi connectivity index (χ1v) is 13.3. The fourth-order valence-electron chi connectivity index (χ4n) is 3.65. The van der Waals surface area contributed by atoms with E-state index in [1.807, 2.05) is 0 Å². The van der Waals surface area contributed by atoms with Crippen molar-refractivity contribution < 1.29 is 19.3 Å². The van der Waals surface area contributed by atoms with E-state index < -0.39 is 16.7 Å². The number of anilines is 1. The summed E-state index contributed by atoms with van der Waals surface area (Å²) in [4.78, 5) is 50.4. The fraction of sp³-hybridized carbons (Fsp3) is 0.0333. The van der Waals surface area contributed by atoms with Crippen molar-refractivity contribution >= 4 is 58.4 Å². The minimum atomic E-state index is -0.684. The number of ketones is 1. The van der Waals surface area contributed by atoms with Crippen LogP contribution in [0.15, 0.2) is 114 Å². The Labute approximate surface area is 239 Å². The molecule has 2 N–H and O–H groups in total. The van der Waals surface area contributed by atoms with E-state index in [4.69, 9.17) is 11.6 Å². The number of nitrogens with zero attached hydrogens (tertiary/aromatic N) is 1. The number of rotatable bonds is 10. The monoisotopic (exact) mass is 571 g/mol. The number of halogens is 1. The Kier molecular flexibility index (Phi) is 9.45. The van der Waals surface area contributed by atoms with Gasteiger partial charge < -0.3 is 10.6 Å². The van der Waals surface area contributed by atoms with Gasteiger partial charge in [0.05, 0.1) is 21.3 Å². The maximum absolute atomic E-state index is 13.3. The highest BCUT2D eigenvalue weighted by atomic mass is 35.5. The number of hydrogen-bond donors (Lipinski definition) is 2. The van der Waals surface area contributed by atoms with E-state index in [0.717, 1.165) is 4.90 Å². The van der Waals surface area contributed by atoms with E-state index >= 15 is 0 Å². The Balaban J connectivity index is 1.55. The van der Waals surface area contributed by atoms with Gasteiger partial charge in [-0.25, -0.2) is 0 Å². The summed E-state index contributed by atoms with van der Waals surface area (Å²) in [6, 6.07) is 27.8. The quantitative estimate of drug-likeness (QED) is 0.0724. The van der Waals surface area contributed by atoms with Gasteiger partial charge in [-0.1, -0.05) is 60.1 Å². The lowest BCUT2D eigenvalue weighted by Gasteiger charge is -2.12. The SMILES string of the molecule is O=C(Nc1cccc(SCC(=O)c2ccccc2Cl)c1)/C(=C/c1ccccc1[N+](=O)[O-])NC(=O)c1ccccc1. The average molecular weight is 572 g/mol. The highest BCUT2D eigenvalue weighted by Gasteiger charge is 2.19. The molecule has 0 heterocycles. The molecule has 0 saturated heterocycles. The molecule has 4 rings (SSSR count). The number of amides is 2. The Morgan fingerprint density at radius 3 is 2.33 bits per heavy atom. The van der Waals surface area contributed by atoms with Crippen molar-refractivity contribution in [3.63, 3.8) is 0 Å². The summed E-state index contributed by atoms with van der Waals surface area (Å²) in [5.74, 6) is -1.24. The first kappa shape index (κ1) is 28.3. The van der Waals surface area contributed by atoms with Crippen molar-refractivity contribution in [2.75, 3.05) is 11.1 Å². The smallest absolute Gasteiger partial charge is 0.276 e. The van der Waals surface area contributed by atoms with Gasteiger partial charge in [0.15, 0.2) is 5.78 Å². The van der Waals surface area contributed by atoms with Crippen LogP contribution in [-0.2, 0) is 4.79 Å². The standard InChI is InChI=1S/C30H22ClN3O5S/c31-25-15-6-5-14-24(25)28(35)19-40-23-13-8-12-22(18-23)32-30(37)26(33-29(36)20-9-2-1-3-10-20)17-21-11-4-7-16-27(21)34(38)39/h1-18H,19H2,(H,32,37)(H,33,36)/b26-17-. The number of nitrogens with one attached hydrogen (secondary N) is 2. The zero-order valence-electron chi connectivity index (χ0n) is 20.9. The summed E-state index contributed by atoms with van der Waals surface area (Å²) in [5.41, 5.74) is 0.889. The third-order valence-corrected chi connectivity index (χ3v) is 6.92. The van der Waals surface area contributed by atoms with Crippen LogP contribution in [0.3, 0.4) is 0 Å². The molecule has 0 saturated carbocycles. The van der Waals surface area contributed by atoms with Gasteiger partial charge in [0.25, 0.3) is 17.5 Å². The van der Waals surface area contributed by atoms with Gasteiger partial charge in [-0.3, -0.25) is 24.5 Å². The Morgan fingerprint density at radius 2 is 1.57 bits per heavy atom. The van der Waals surface area contributed by atoms with Gasteiger partial charge >= 0.3 is 0 Å². The molecule has 0 atom stereocenters. The topological polar surface area (TPSA) is 118 Å². The number of nitro benzene ring substituents is 1. The first-order chi connectivity index (χ1) is 19.3. The molecule has 0 fully saturated rings. The third-order valence-electron chi connectivity index (χ3n) is 5.60. The van der Waals surface area contributed by atoms with Crippen LogP contribution in [0.2, 0.25) is 5.02 Å². The molecule has 40 heavy (non-hydrogen) atoms. The summed E-state index contributed by atoms with van der Waals surface area (Å²) in [7, 11) is 0. The van der Waals surface area contributed by atoms with Crippen molar-refractivity contribution in [2.24, 2.45) is 0 Å². The minimum Gasteiger partial charge on any atom is -0.321 e. The molecule has 0 aliphatic carbocycles. The minimum absolute atomic E-state index is 0.136. The van der Waals surface area contributed by atoms with Crippen LogP contribution in [0.25, 0.3) is 6.08 Å². The fourth-order valence-corrected chi connectivity index (χ4v) is 4.73. The highest BCUT2D eigenvalue weighted by molar-refractivity contribution is 8.00. The average Bonchev–Trinajstić information content (AvgIpc) is 2.96. The van der Waals surface area contributed by atoms with Gasteiger partial charge in [0.1, 0.15) is 5.70 Å². The third kappa shape index (κ3) is 7.43. The van der Waals surface area contributed by atoms with Gasteiger partial charge in [0.2, 0.25) is 0 Å². The van der Waals surface area contributed by atoms with Crippen molar-refractivity contribution in [3.05, 3.63) is 141 Å². The molecule has 0 spiro atoms. The number of carbonyl (C=O) groups is 3. The first-order valence-electron chi connectivity index (χ1n) is 12.0. The van der Waals surface area contributed by atoms with Gasteiger partial charge in [0, 0.05) is 27.8 Å². The maximum Gasteiger partial charge on any atom is 0.276 e. The van der Waals surface area contributed by atoms with Crippen LogP contribution in [0.1, 0.15) is 26.3 Å². The summed E-state index contributed by atoms with van der Waals surface area (Å²) >= 11 is 7.40. The zero-order chi connectivity index (χ0) is 28.5. The van der Waals surface area contributed by atoms with E-state index in [2.05, 4.69) is 10.6 Å². The lowest BCUT2D eigenvalue weighted by molar-refractivity contribution is -0.385. The zero-order valence-corrected chi connectivity index (χ0v) is 22.4. The molecule has 0 aliphatic heterocycles. The number of Topliss-reactive ketones (excluding diaryl/α,β-unsaturated/α-hetero) is 1. The van der Waals surface area contributed by atoms with Gasteiger partial charge in [-0.05, 0) is 54.6 Å². The van der Waals surface area contributed by atoms with E-state index in [9.17, 15) is 24.5 Å². The summed E-state index contributed by atoms with van der Waals surface area (Å²) < 4.78 is 0. The van der Waals surface area contributed by atoms with Crippen molar-refractivity contribution in [2.45, 2.75) is 4.90 Å². The van der Waals surface area contributed by atoms with E-state index in [-0.39, 0.29) is 28.5 Å². The number of nitro groups is 1. The van der Waals surface area contributed by atoms with E-state index in [1.165, 1.54) is 36.0 Å². The van der Waals surface area contributed by atoms with E-state index in [1.54, 1.807) is 84.9 Å². The Morgan fingerprint density at radius 1 is 0.875 bits per heavy atom. The molecule has 0 aliphatic rings. The number of thioether (sulfide) groups is 1. The van der Waals surface area contributed by atoms with E-state index in [0.29, 0.717) is 21.8 Å². The Bertz CT molecular complexity index is 1610. The summed E-state index contributed by atoms with van der Waals surface area (Å²) in [5, 5.41) is 17.2. The molecule has 0 unspecified atom stereocenters. The maximum atomic E-state index is 13.3. The molecule has 0 bridgehead atoms. The molecule has 200 valence electrons. The van der Waals surface area contributed by atoms with Crippen LogP contribution in [0, 0.1) is 10.1 Å². The molecule has 8 nitrogen and oxygen atoms in total. The van der Waals surface area contributed by atoms with Crippen molar-refractivity contribution in [1.29, 1.82) is 0 Å². The van der Waals surface area contributed by atoms with Crippen LogP contribution in [-0.4, -0.2) is 28.3 Å². The highest BCUT2D eigenvalue weighted by Crippen LogP contribution is 2.25. The molecule has 0 aromatic heterocycles. The molecule has 4 aromatic rings. The van der Waals surface area contributed by atoms with Crippen molar-refractivity contribution in [1.82, 2.24) is 5.32 Å². The summed E-state index contributed by atoms with van der Waals surface area (Å²) in [6.45, 7) is 0.